The van der Waals surface area contributed by atoms with E-state index in [9.17, 15) is 28.1 Å². The van der Waals surface area contributed by atoms with Gasteiger partial charge in [-0.1, -0.05) is 0 Å². The fourth-order valence-electron chi connectivity index (χ4n) is 2.49. The first kappa shape index (κ1) is 23.8. The topological polar surface area (TPSA) is 171 Å². The number of nitrogens with zero attached hydrogens (tertiary/aromatic N) is 1. The molecule has 0 aliphatic heterocycles. The summed E-state index contributed by atoms with van der Waals surface area (Å²) in [7, 11) is -4.08. The molecule has 0 saturated heterocycles. The van der Waals surface area contributed by atoms with Gasteiger partial charge in [-0.15, -0.1) is 0 Å². The number of amides is 1. The van der Waals surface area contributed by atoms with Crippen LogP contribution in [0, 0.1) is 10.1 Å². The molecule has 0 saturated carbocycles. The number of nitrogens with one attached hydrogen (secondary N) is 2. The van der Waals surface area contributed by atoms with Crippen molar-refractivity contribution in [1.29, 1.82) is 0 Å². The van der Waals surface area contributed by atoms with Crippen LogP contribution in [-0.4, -0.2) is 37.9 Å². The molecule has 0 spiro atoms. The Kier molecular flexibility index (Phi) is 7.67. The second-order valence-corrected chi connectivity index (χ2v) is 8.30. The van der Waals surface area contributed by atoms with E-state index in [1.807, 2.05) is 0 Å². The Bertz CT molecular complexity index is 1080. The minimum absolute atomic E-state index is 0.0226. The van der Waals surface area contributed by atoms with Crippen LogP contribution < -0.4 is 15.8 Å². The lowest BCUT2D eigenvalue weighted by Gasteiger charge is -2.10. The standard InChI is InChI=1S/C19H22N4O7S/c1-12(2)30-19(25)13-3-5-14(6-4-13)22-18(24)9-10-21-16-8-7-15(31(20,28)29)11-17(16)23(26)27/h3-8,11-12,21H,9-10H2,1-2H3,(H,22,24)(H2,20,28,29). The smallest absolute Gasteiger partial charge is 0.338 e. The summed E-state index contributed by atoms with van der Waals surface area (Å²) in [6.07, 6.45) is -0.267. The SMILES string of the molecule is CC(C)OC(=O)c1ccc(NC(=O)CCNc2ccc(S(N)(=O)=O)cc2[N+](=O)[O-])cc1. The number of nitro benzene ring substituents is 1. The molecule has 0 unspecified atom stereocenters. The summed E-state index contributed by atoms with van der Waals surface area (Å²) in [6.45, 7) is 3.54. The zero-order valence-electron chi connectivity index (χ0n) is 16.8. The highest BCUT2D eigenvalue weighted by Crippen LogP contribution is 2.27. The summed E-state index contributed by atoms with van der Waals surface area (Å²) in [4.78, 5) is 34.0. The van der Waals surface area contributed by atoms with E-state index < -0.39 is 26.6 Å². The summed E-state index contributed by atoms with van der Waals surface area (Å²) in [5, 5.41) is 21.6. The largest absolute Gasteiger partial charge is 0.459 e. The first-order valence-corrected chi connectivity index (χ1v) is 10.7. The zero-order chi connectivity index (χ0) is 23.2. The number of primary sulfonamides is 1. The van der Waals surface area contributed by atoms with Gasteiger partial charge in [-0.3, -0.25) is 14.9 Å². The summed E-state index contributed by atoms with van der Waals surface area (Å²) >= 11 is 0. The molecule has 0 fully saturated rings. The van der Waals surface area contributed by atoms with E-state index in [1.165, 1.54) is 18.2 Å². The fourth-order valence-corrected chi connectivity index (χ4v) is 3.03. The molecule has 11 nitrogen and oxygen atoms in total. The van der Waals surface area contributed by atoms with Crippen LogP contribution in [0.4, 0.5) is 17.1 Å². The lowest BCUT2D eigenvalue weighted by molar-refractivity contribution is -0.384. The van der Waals surface area contributed by atoms with Crippen molar-refractivity contribution in [2.75, 3.05) is 17.2 Å². The van der Waals surface area contributed by atoms with Crippen molar-refractivity contribution in [3.8, 4) is 0 Å². The van der Waals surface area contributed by atoms with Gasteiger partial charge < -0.3 is 15.4 Å². The third-order valence-electron chi connectivity index (χ3n) is 3.91. The number of carbonyl (C=O) groups is 2. The number of rotatable bonds is 9. The summed E-state index contributed by atoms with van der Waals surface area (Å²) in [5.41, 5.74) is 0.396. The Morgan fingerprint density at radius 2 is 1.81 bits per heavy atom. The molecule has 2 rings (SSSR count). The number of carbonyl (C=O) groups excluding carboxylic acids is 2. The number of ether oxygens (including phenoxy) is 1. The predicted octanol–water partition coefficient (Wildman–Crippen LogP) is 2.25. The number of hydrogen-bond donors (Lipinski definition) is 3. The van der Waals surface area contributed by atoms with E-state index >= 15 is 0 Å². The molecular formula is C19H22N4O7S. The second-order valence-electron chi connectivity index (χ2n) is 6.74. The van der Waals surface area contributed by atoms with Crippen molar-refractivity contribution in [2.45, 2.75) is 31.3 Å². The van der Waals surface area contributed by atoms with E-state index in [-0.39, 0.29) is 35.6 Å². The maximum atomic E-state index is 12.1. The van der Waals surface area contributed by atoms with Crippen LogP contribution in [0.5, 0.6) is 0 Å². The highest BCUT2D eigenvalue weighted by molar-refractivity contribution is 7.89. The molecule has 0 aliphatic carbocycles. The average molecular weight is 450 g/mol. The Morgan fingerprint density at radius 1 is 1.16 bits per heavy atom. The number of nitro groups is 1. The number of hydrogen-bond acceptors (Lipinski definition) is 8. The van der Waals surface area contributed by atoms with Crippen LogP contribution in [0.25, 0.3) is 0 Å². The number of sulfonamides is 1. The molecule has 0 aromatic heterocycles. The summed E-state index contributed by atoms with van der Waals surface area (Å²) < 4.78 is 27.8. The molecule has 0 bridgehead atoms. The predicted molar refractivity (Wildman–Crippen MR) is 113 cm³/mol. The first-order valence-electron chi connectivity index (χ1n) is 9.13. The van der Waals surface area contributed by atoms with Gasteiger partial charge in [0, 0.05) is 24.7 Å². The maximum Gasteiger partial charge on any atom is 0.338 e. The number of anilines is 2. The summed E-state index contributed by atoms with van der Waals surface area (Å²) in [6, 6.07) is 9.35. The van der Waals surface area contributed by atoms with Crippen molar-refractivity contribution >= 4 is 39.0 Å². The van der Waals surface area contributed by atoms with Crippen molar-refractivity contribution in [2.24, 2.45) is 5.14 Å². The number of benzene rings is 2. The molecule has 2 aromatic carbocycles. The number of nitrogens with two attached hydrogens (primary N) is 1. The third kappa shape index (κ3) is 7.04. The van der Waals surface area contributed by atoms with Gasteiger partial charge in [0.1, 0.15) is 5.69 Å². The van der Waals surface area contributed by atoms with Gasteiger partial charge in [0.25, 0.3) is 5.69 Å². The minimum atomic E-state index is -4.08. The van der Waals surface area contributed by atoms with Crippen molar-refractivity contribution < 1.29 is 27.7 Å². The molecule has 0 heterocycles. The zero-order valence-corrected chi connectivity index (χ0v) is 17.6. The molecule has 0 radical (unpaired) electrons. The van der Waals surface area contributed by atoms with Crippen LogP contribution >= 0.6 is 0 Å². The van der Waals surface area contributed by atoms with Crippen LogP contribution in [-0.2, 0) is 19.6 Å². The van der Waals surface area contributed by atoms with Crippen LogP contribution in [0.3, 0.4) is 0 Å². The van der Waals surface area contributed by atoms with Gasteiger partial charge in [0.2, 0.25) is 15.9 Å². The minimum Gasteiger partial charge on any atom is -0.459 e. The molecule has 12 heteroatoms. The molecular weight excluding hydrogens is 428 g/mol. The molecule has 2 aromatic rings. The van der Waals surface area contributed by atoms with E-state index in [2.05, 4.69) is 10.6 Å². The van der Waals surface area contributed by atoms with Crippen LogP contribution in [0.2, 0.25) is 0 Å². The lowest BCUT2D eigenvalue weighted by Crippen LogP contribution is -2.17. The molecule has 0 atom stereocenters. The highest BCUT2D eigenvalue weighted by Gasteiger charge is 2.19. The monoisotopic (exact) mass is 450 g/mol. The van der Waals surface area contributed by atoms with Gasteiger partial charge in [-0.05, 0) is 50.2 Å². The summed E-state index contributed by atoms with van der Waals surface area (Å²) in [5.74, 6) is -0.832. The van der Waals surface area contributed by atoms with Crippen LogP contribution in [0.1, 0.15) is 30.6 Å². The van der Waals surface area contributed by atoms with Gasteiger partial charge in [0.15, 0.2) is 0 Å². The molecule has 4 N–H and O–H groups in total. The van der Waals surface area contributed by atoms with E-state index in [0.717, 1.165) is 12.1 Å². The van der Waals surface area contributed by atoms with E-state index in [1.54, 1.807) is 26.0 Å². The van der Waals surface area contributed by atoms with Gasteiger partial charge >= 0.3 is 5.97 Å². The first-order chi connectivity index (χ1) is 14.5. The average Bonchev–Trinajstić information content (AvgIpc) is 2.67. The number of esters is 1. The van der Waals surface area contributed by atoms with Crippen molar-refractivity contribution in [3.05, 3.63) is 58.1 Å². The quantitative estimate of drug-likeness (QED) is 0.296. The van der Waals surface area contributed by atoms with Crippen molar-refractivity contribution in [3.63, 3.8) is 0 Å². The van der Waals surface area contributed by atoms with Gasteiger partial charge in [-0.2, -0.15) is 0 Å². The highest BCUT2D eigenvalue weighted by atomic mass is 32.2. The Morgan fingerprint density at radius 3 is 2.35 bits per heavy atom. The molecule has 1 amide bonds. The second kappa shape index (κ2) is 10.00. The Labute approximate surface area is 178 Å². The van der Waals surface area contributed by atoms with E-state index in [0.29, 0.717) is 11.3 Å². The van der Waals surface area contributed by atoms with E-state index in [4.69, 9.17) is 9.88 Å². The van der Waals surface area contributed by atoms with Crippen molar-refractivity contribution in [1.82, 2.24) is 0 Å². The Hall–Kier alpha value is -3.51. The van der Waals surface area contributed by atoms with Crippen LogP contribution in [0.15, 0.2) is 47.4 Å². The van der Waals surface area contributed by atoms with Gasteiger partial charge in [-0.25, -0.2) is 18.4 Å². The van der Waals surface area contributed by atoms with Gasteiger partial charge in [0.05, 0.1) is 21.5 Å². The molecule has 0 aliphatic rings. The maximum absolute atomic E-state index is 12.1. The molecule has 166 valence electrons. The normalized spacial score (nSPS) is 11.1. The fraction of sp³-hybridized carbons (Fsp3) is 0.263. The third-order valence-corrected chi connectivity index (χ3v) is 4.82. The Balaban J connectivity index is 1.94. The lowest BCUT2D eigenvalue weighted by atomic mass is 10.2. The molecule has 31 heavy (non-hydrogen) atoms.